The van der Waals surface area contributed by atoms with Gasteiger partial charge in [0.15, 0.2) is 0 Å². The maximum Gasteiger partial charge on any atom is 0.331 e. The van der Waals surface area contributed by atoms with E-state index in [2.05, 4.69) is 20.8 Å². The Morgan fingerprint density at radius 2 is 1.86 bits per heavy atom. The molecule has 3 rings (SSSR count). The van der Waals surface area contributed by atoms with Crippen LogP contribution in [0.3, 0.4) is 0 Å². The van der Waals surface area contributed by atoms with Gasteiger partial charge in [-0.05, 0) is 73.6 Å². The Hall–Kier alpha value is -1.81. The van der Waals surface area contributed by atoms with Crippen molar-refractivity contribution < 1.29 is 19.7 Å². The van der Waals surface area contributed by atoms with Crippen LogP contribution in [-0.2, 0) is 9.53 Å². The summed E-state index contributed by atoms with van der Waals surface area (Å²) in [5.74, 6) is 0.436. The molecule has 0 amide bonds. The van der Waals surface area contributed by atoms with Gasteiger partial charge in [0.05, 0.1) is 5.60 Å². The molecule has 0 aliphatic heterocycles. The molecular formula is C24H34O4. The number of ether oxygens (including phenoxy) is 1. The summed E-state index contributed by atoms with van der Waals surface area (Å²) in [5, 5.41) is 20.6. The second-order valence-electron chi connectivity index (χ2n) is 9.62. The van der Waals surface area contributed by atoms with Gasteiger partial charge in [0.2, 0.25) is 0 Å². The fourth-order valence-electron chi connectivity index (χ4n) is 5.64. The monoisotopic (exact) mass is 386 g/mol. The van der Waals surface area contributed by atoms with Crippen molar-refractivity contribution in [3.05, 3.63) is 35.9 Å². The lowest BCUT2D eigenvalue weighted by Gasteiger charge is -2.57. The van der Waals surface area contributed by atoms with Gasteiger partial charge in [-0.1, -0.05) is 39.3 Å². The molecule has 154 valence electrons. The zero-order valence-corrected chi connectivity index (χ0v) is 17.5. The van der Waals surface area contributed by atoms with Crippen LogP contribution in [0.4, 0.5) is 0 Å². The predicted octanol–water partition coefficient (Wildman–Crippen LogP) is 4.94. The van der Waals surface area contributed by atoms with Crippen molar-refractivity contribution in [2.75, 3.05) is 0 Å². The van der Waals surface area contributed by atoms with Crippen molar-refractivity contribution in [1.29, 1.82) is 0 Å². The maximum absolute atomic E-state index is 12.7. The molecule has 2 aliphatic carbocycles. The fourth-order valence-corrected chi connectivity index (χ4v) is 5.64. The van der Waals surface area contributed by atoms with Crippen molar-refractivity contribution in [1.82, 2.24) is 0 Å². The predicted molar refractivity (Wildman–Crippen MR) is 111 cm³/mol. The number of hydrogen-bond donors (Lipinski definition) is 2. The molecule has 2 aliphatic rings. The first-order valence-corrected chi connectivity index (χ1v) is 10.5. The Balaban J connectivity index is 1.82. The van der Waals surface area contributed by atoms with Crippen LogP contribution in [0.25, 0.3) is 6.08 Å². The molecule has 2 N–H and O–H groups in total. The van der Waals surface area contributed by atoms with Crippen LogP contribution in [0, 0.1) is 23.2 Å². The largest absolute Gasteiger partial charge is 0.508 e. The maximum atomic E-state index is 12.7. The van der Waals surface area contributed by atoms with E-state index in [0.717, 1.165) is 37.7 Å². The molecule has 5 unspecified atom stereocenters. The second-order valence-corrected chi connectivity index (χ2v) is 9.62. The Bertz CT molecular complexity index is 719. The van der Waals surface area contributed by atoms with Gasteiger partial charge in [-0.25, -0.2) is 4.79 Å². The van der Waals surface area contributed by atoms with Gasteiger partial charge in [-0.2, -0.15) is 0 Å². The molecule has 0 spiro atoms. The molecule has 4 heteroatoms. The first kappa shape index (κ1) is 20.9. The molecule has 0 heterocycles. The first-order valence-electron chi connectivity index (χ1n) is 10.5. The van der Waals surface area contributed by atoms with Gasteiger partial charge < -0.3 is 14.9 Å². The van der Waals surface area contributed by atoms with Crippen LogP contribution in [0.5, 0.6) is 5.75 Å². The number of carbonyl (C=O) groups is 1. The lowest BCUT2D eigenvalue weighted by atomic mass is 9.51. The summed E-state index contributed by atoms with van der Waals surface area (Å²) in [6, 6.07) is 6.68. The second kappa shape index (κ2) is 7.90. The number of aromatic hydroxyl groups is 1. The zero-order chi connectivity index (χ0) is 20.5. The third-order valence-electron chi connectivity index (χ3n) is 7.06. The van der Waals surface area contributed by atoms with Crippen LogP contribution in [0.1, 0.15) is 65.4 Å². The van der Waals surface area contributed by atoms with Gasteiger partial charge in [0.1, 0.15) is 11.9 Å². The summed E-state index contributed by atoms with van der Waals surface area (Å²) in [5.41, 5.74) is 0.0265. The Morgan fingerprint density at radius 1 is 1.18 bits per heavy atom. The standard InChI is InChI=1S/C24H34O4/c1-16(2)19-12-15-23(3)13-5-14-24(4,27)22(23)21(19)28-20(26)11-8-17-6-9-18(25)10-7-17/h6-11,16,19,21-22,25,27H,5,12-15H2,1-4H3. The summed E-state index contributed by atoms with van der Waals surface area (Å²) in [7, 11) is 0. The lowest BCUT2D eigenvalue weighted by molar-refractivity contribution is -0.201. The molecule has 2 fully saturated rings. The SMILES string of the molecule is CC(C)C1CCC2(C)CCCC(C)(O)C2C1OC(=O)C=Cc1ccc(O)cc1. The number of rotatable bonds is 4. The number of phenolic OH excluding ortho intramolecular Hbond substituents is 1. The zero-order valence-electron chi connectivity index (χ0n) is 17.5. The normalized spacial score (nSPS) is 35.7. The quantitative estimate of drug-likeness (QED) is 0.568. The van der Waals surface area contributed by atoms with E-state index in [9.17, 15) is 15.0 Å². The highest BCUT2D eigenvalue weighted by Crippen LogP contribution is 2.57. The van der Waals surface area contributed by atoms with Gasteiger partial charge in [-0.15, -0.1) is 0 Å². The van der Waals surface area contributed by atoms with E-state index < -0.39 is 5.60 Å². The molecule has 2 saturated carbocycles. The average Bonchev–Trinajstić information content (AvgIpc) is 2.60. The van der Waals surface area contributed by atoms with Gasteiger partial charge >= 0.3 is 5.97 Å². The number of phenols is 1. The molecule has 4 nitrogen and oxygen atoms in total. The topological polar surface area (TPSA) is 66.8 Å². The molecule has 0 aromatic heterocycles. The lowest BCUT2D eigenvalue weighted by Crippen LogP contribution is -2.59. The van der Waals surface area contributed by atoms with Crippen molar-refractivity contribution >= 4 is 12.0 Å². The van der Waals surface area contributed by atoms with E-state index in [0.29, 0.717) is 5.92 Å². The minimum absolute atomic E-state index is 0.0127. The van der Waals surface area contributed by atoms with Gasteiger partial charge in [-0.3, -0.25) is 0 Å². The summed E-state index contributed by atoms with van der Waals surface area (Å²) in [4.78, 5) is 12.7. The van der Waals surface area contributed by atoms with E-state index >= 15 is 0 Å². The number of benzene rings is 1. The third kappa shape index (κ3) is 4.27. The fraction of sp³-hybridized carbons (Fsp3) is 0.625. The Labute approximate surface area is 168 Å². The number of aliphatic hydroxyl groups is 1. The van der Waals surface area contributed by atoms with E-state index in [1.807, 2.05) is 6.92 Å². The highest BCUT2D eigenvalue weighted by Gasteiger charge is 2.57. The van der Waals surface area contributed by atoms with Crippen molar-refractivity contribution in [2.24, 2.45) is 23.2 Å². The Morgan fingerprint density at radius 3 is 2.50 bits per heavy atom. The molecular weight excluding hydrogens is 352 g/mol. The van der Waals surface area contributed by atoms with E-state index in [4.69, 9.17) is 4.74 Å². The molecule has 0 radical (unpaired) electrons. The molecule has 1 aromatic carbocycles. The van der Waals surface area contributed by atoms with Gasteiger partial charge in [0.25, 0.3) is 0 Å². The van der Waals surface area contributed by atoms with Crippen LogP contribution >= 0.6 is 0 Å². The third-order valence-corrected chi connectivity index (χ3v) is 7.06. The highest BCUT2D eigenvalue weighted by atomic mass is 16.5. The van der Waals surface area contributed by atoms with Crippen LogP contribution in [0.2, 0.25) is 0 Å². The average molecular weight is 387 g/mol. The van der Waals surface area contributed by atoms with E-state index in [1.165, 1.54) is 6.08 Å². The summed E-state index contributed by atoms with van der Waals surface area (Å²) in [6.07, 6.45) is 7.85. The summed E-state index contributed by atoms with van der Waals surface area (Å²) < 4.78 is 6.05. The number of esters is 1. The van der Waals surface area contributed by atoms with Crippen molar-refractivity contribution in [3.63, 3.8) is 0 Å². The van der Waals surface area contributed by atoms with Gasteiger partial charge in [0, 0.05) is 12.0 Å². The highest BCUT2D eigenvalue weighted by molar-refractivity contribution is 5.87. The summed E-state index contributed by atoms with van der Waals surface area (Å²) in [6.45, 7) is 8.54. The van der Waals surface area contributed by atoms with Crippen molar-refractivity contribution in [2.45, 2.75) is 71.5 Å². The van der Waals surface area contributed by atoms with E-state index in [1.54, 1.807) is 30.3 Å². The molecule has 0 bridgehead atoms. The minimum Gasteiger partial charge on any atom is -0.508 e. The van der Waals surface area contributed by atoms with Crippen LogP contribution in [0.15, 0.2) is 30.3 Å². The minimum atomic E-state index is -0.813. The van der Waals surface area contributed by atoms with Crippen molar-refractivity contribution in [3.8, 4) is 5.75 Å². The summed E-state index contributed by atoms with van der Waals surface area (Å²) >= 11 is 0. The van der Waals surface area contributed by atoms with Crippen LogP contribution in [-0.4, -0.2) is 27.9 Å². The Kier molecular flexibility index (Phi) is 5.90. The van der Waals surface area contributed by atoms with Crippen LogP contribution < -0.4 is 0 Å². The first-order chi connectivity index (χ1) is 13.1. The number of fused-ring (bicyclic) bond motifs is 1. The van der Waals surface area contributed by atoms with E-state index in [-0.39, 0.29) is 35.1 Å². The molecule has 1 aromatic rings. The molecule has 0 saturated heterocycles. The number of hydrogen-bond acceptors (Lipinski definition) is 4. The number of carbonyl (C=O) groups excluding carboxylic acids is 1. The molecule has 5 atom stereocenters. The molecule has 28 heavy (non-hydrogen) atoms. The smallest absolute Gasteiger partial charge is 0.331 e.